The maximum Gasteiger partial charge on any atom is 0.311 e. The Bertz CT molecular complexity index is 1160. The summed E-state index contributed by atoms with van der Waals surface area (Å²) in [5, 5.41) is 21.2. The second kappa shape index (κ2) is 7.97. The Hall–Kier alpha value is -2.50. The molecule has 1 aromatic heterocycles. The van der Waals surface area contributed by atoms with E-state index in [9.17, 15) is 19.8 Å². The highest BCUT2D eigenvalue weighted by atomic mass is 35.5. The summed E-state index contributed by atoms with van der Waals surface area (Å²) in [6, 6.07) is 9.21. The number of benzene rings is 2. The number of fused-ring (bicyclic) bond motifs is 1. The van der Waals surface area contributed by atoms with Gasteiger partial charge in [0.2, 0.25) is 0 Å². The van der Waals surface area contributed by atoms with Crippen LogP contribution in [0.5, 0.6) is 5.75 Å². The van der Waals surface area contributed by atoms with E-state index in [4.69, 9.17) is 23.2 Å². The van der Waals surface area contributed by atoms with E-state index in [0.717, 1.165) is 0 Å². The van der Waals surface area contributed by atoms with Crippen molar-refractivity contribution in [2.75, 3.05) is 0 Å². The van der Waals surface area contributed by atoms with Gasteiger partial charge in [-0.05, 0) is 60.7 Å². The first kappa shape index (κ1) is 22.2. The number of halogens is 2. The van der Waals surface area contributed by atoms with Crippen LogP contribution in [-0.4, -0.2) is 26.7 Å². The number of hydrogen-bond acceptors (Lipinski definition) is 3. The van der Waals surface area contributed by atoms with Gasteiger partial charge in [0.15, 0.2) is 0 Å². The molecule has 0 fully saturated rings. The van der Waals surface area contributed by atoms with E-state index in [1.54, 1.807) is 25.1 Å². The number of nitrogens with zero attached hydrogens (tertiary/aromatic N) is 1. The Kier molecular flexibility index (Phi) is 5.89. The largest absolute Gasteiger partial charge is 0.508 e. The summed E-state index contributed by atoms with van der Waals surface area (Å²) >= 11 is 12.1. The van der Waals surface area contributed by atoms with Gasteiger partial charge >= 0.3 is 5.97 Å². The number of rotatable bonds is 4. The van der Waals surface area contributed by atoms with Crippen molar-refractivity contribution in [3.05, 3.63) is 63.3 Å². The van der Waals surface area contributed by atoms with E-state index in [2.05, 4.69) is 0 Å². The van der Waals surface area contributed by atoms with Crippen LogP contribution in [0.3, 0.4) is 0 Å². The van der Waals surface area contributed by atoms with Gasteiger partial charge in [0.1, 0.15) is 5.75 Å². The van der Waals surface area contributed by atoms with E-state index >= 15 is 0 Å². The molecule has 7 heteroatoms. The fourth-order valence-electron chi connectivity index (χ4n) is 3.82. The first-order valence-corrected chi connectivity index (χ1v) is 10.2. The third-order valence-corrected chi connectivity index (χ3v) is 5.81. The number of carboxylic acid groups (broad SMARTS) is 1. The van der Waals surface area contributed by atoms with Crippen molar-refractivity contribution in [2.24, 2.45) is 5.41 Å². The second-order valence-electron chi connectivity index (χ2n) is 8.63. The highest BCUT2D eigenvalue weighted by molar-refractivity contribution is 6.42. The molecule has 0 saturated carbocycles. The Balaban J connectivity index is 2.29. The number of carboxylic acids is 1. The minimum atomic E-state index is -0.975. The molecule has 0 aliphatic heterocycles. The number of phenols is 1. The zero-order valence-corrected chi connectivity index (χ0v) is 18.7. The quantitative estimate of drug-likeness (QED) is 0.494. The number of aromatic hydroxyl groups is 1. The highest BCUT2D eigenvalue weighted by Crippen LogP contribution is 2.40. The lowest BCUT2D eigenvalue weighted by atomic mass is 9.80. The van der Waals surface area contributed by atoms with Crippen LogP contribution < -0.4 is 0 Å². The molecule has 0 saturated heterocycles. The van der Waals surface area contributed by atoms with Gasteiger partial charge in [-0.1, -0.05) is 44.0 Å². The monoisotopic (exact) mass is 447 g/mol. The van der Waals surface area contributed by atoms with Gasteiger partial charge in [-0.25, -0.2) is 0 Å². The molecule has 158 valence electrons. The standard InChI is InChI=1S/C23H23Cl2NO4/c1-12-20(16(22(29)30)11-23(2,3)4)15-10-14(27)6-8-19(15)26(12)21(28)13-5-7-17(24)18(25)9-13/h5-10,16,27H,11H2,1-4H3,(H,29,30)/t16-/m0/s1. The van der Waals surface area contributed by atoms with Crippen LogP contribution in [0, 0.1) is 12.3 Å². The molecule has 0 amide bonds. The van der Waals surface area contributed by atoms with Crippen LogP contribution in [0.1, 0.15) is 54.7 Å². The first-order valence-electron chi connectivity index (χ1n) is 9.47. The van der Waals surface area contributed by atoms with Crippen molar-refractivity contribution in [3.8, 4) is 5.75 Å². The number of carbonyl (C=O) groups excluding carboxylic acids is 1. The van der Waals surface area contributed by atoms with E-state index in [1.165, 1.54) is 22.8 Å². The normalized spacial score (nSPS) is 12.9. The van der Waals surface area contributed by atoms with Crippen molar-refractivity contribution < 1.29 is 19.8 Å². The van der Waals surface area contributed by atoms with E-state index in [0.29, 0.717) is 39.2 Å². The van der Waals surface area contributed by atoms with Crippen molar-refractivity contribution in [1.82, 2.24) is 4.57 Å². The van der Waals surface area contributed by atoms with Crippen molar-refractivity contribution >= 4 is 46.0 Å². The Morgan fingerprint density at radius 3 is 2.30 bits per heavy atom. The number of hydrogen-bond donors (Lipinski definition) is 2. The zero-order chi connectivity index (χ0) is 22.4. The van der Waals surface area contributed by atoms with Gasteiger partial charge in [-0.3, -0.25) is 14.2 Å². The molecule has 30 heavy (non-hydrogen) atoms. The fraction of sp³-hybridized carbons (Fsp3) is 0.304. The minimum absolute atomic E-state index is 0.00258. The van der Waals surface area contributed by atoms with Crippen molar-refractivity contribution in [2.45, 2.75) is 40.0 Å². The second-order valence-corrected chi connectivity index (χ2v) is 9.44. The molecule has 0 unspecified atom stereocenters. The molecule has 1 atom stereocenters. The summed E-state index contributed by atoms with van der Waals surface area (Å²) < 4.78 is 1.47. The molecule has 2 N–H and O–H groups in total. The van der Waals surface area contributed by atoms with E-state index in [-0.39, 0.29) is 22.1 Å². The average molecular weight is 448 g/mol. The molecular formula is C23H23Cl2NO4. The Labute approximate surface area is 184 Å². The molecular weight excluding hydrogens is 425 g/mol. The Morgan fingerprint density at radius 1 is 1.07 bits per heavy atom. The van der Waals surface area contributed by atoms with Crippen LogP contribution in [0.4, 0.5) is 0 Å². The van der Waals surface area contributed by atoms with Crippen LogP contribution in [-0.2, 0) is 4.79 Å². The molecule has 1 heterocycles. The van der Waals surface area contributed by atoms with Gasteiger partial charge in [0, 0.05) is 16.6 Å². The lowest BCUT2D eigenvalue weighted by Crippen LogP contribution is -2.20. The van der Waals surface area contributed by atoms with Gasteiger partial charge in [0.05, 0.1) is 21.5 Å². The average Bonchev–Trinajstić information content (AvgIpc) is 2.91. The van der Waals surface area contributed by atoms with Gasteiger partial charge in [-0.15, -0.1) is 0 Å². The minimum Gasteiger partial charge on any atom is -0.508 e. The lowest BCUT2D eigenvalue weighted by molar-refractivity contribution is -0.139. The molecule has 0 aliphatic carbocycles. The van der Waals surface area contributed by atoms with Gasteiger partial charge in [-0.2, -0.15) is 0 Å². The molecule has 2 aromatic carbocycles. The number of phenolic OH excluding ortho intramolecular Hbond substituents is 1. The predicted molar refractivity (Wildman–Crippen MR) is 119 cm³/mol. The number of aliphatic carboxylic acids is 1. The van der Waals surface area contributed by atoms with Crippen LogP contribution in [0.25, 0.3) is 10.9 Å². The number of carbonyl (C=O) groups is 2. The van der Waals surface area contributed by atoms with Gasteiger partial charge < -0.3 is 10.2 Å². The van der Waals surface area contributed by atoms with Crippen molar-refractivity contribution in [1.29, 1.82) is 0 Å². The van der Waals surface area contributed by atoms with Crippen molar-refractivity contribution in [3.63, 3.8) is 0 Å². The van der Waals surface area contributed by atoms with Crippen LogP contribution in [0.2, 0.25) is 10.0 Å². The highest BCUT2D eigenvalue weighted by Gasteiger charge is 2.32. The van der Waals surface area contributed by atoms with Crippen LogP contribution >= 0.6 is 23.2 Å². The first-order chi connectivity index (χ1) is 13.9. The summed E-state index contributed by atoms with van der Waals surface area (Å²) in [4.78, 5) is 25.6. The summed E-state index contributed by atoms with van der Waals surface area (Å²) in [7, 11) is 0. The molecule has 5 nitrogen and oxygen atoms in total. The van der Waals surface area contributed by atoms with Gasteiger partial charge in [0.25, 0.3) is 5.91 Å². The summed E-state index contributed by atoms with van der Waals surface area (Å²) in [6.07, 6.45) is 0.374. The SMILES string of the molecule is Cc1c([C@H](CC(C)(C)C)C(=O)O)c2cc(O)ccc2n1C(=O)c1ccc(Cl)c(Cl)c1. The molecule has 3 aromatic rings. The van der Waals surface area contributed by atoms with E-state index < -0.39 is 11.9 Å². The summed E-state index contributed by atoms with van der Waals surface area (Å²) in [5.41, 5.74) is 1.64. The van der Waals surface area contributed by atoms with Crippen LogP contribution in [0.15, 0.2) is 36.4 Å². The Morgan fingerprint density at radius 2 is 1.73 bits per heavy atom. The maximum absolute atomic E-state index is 13.4. The molecule has 0 aliphatic rings. The topological polar surface area (TPSA) is 79.5 Å². The summed E-state index contributed by atoms with van der Waals surface area (Å²) in [5.74, 6) is -2.16. The third kappa shape index (κ3) is 4.18. The molecule has 0 spiro atoms. The maximum atomic E-state index is 13.4. The lowest BCUT2D eigenvalue weighted by Gasteiger charge is -2.24. The predicted octanol–water partition coefficient (Wildman–Crippen LogP) is 6.26. The number of aromatic nitrogens is 1. The third-order valence-electron chi connectivity index (χ3n) is 5.07. The molecule has 0 radical (unpaired) electrons. The zero-order valence-electron chi connectivity index (χ0n) is 17.2. The van der Waals surface area contributed by atoms with E-state index in [1.807, 2.05) is 20.8 Å². The summed E-state index contributed by atoms with van der Waals surface area (Å²) in [6.45, 7) is 7.63. The fourth-order valence-corrected chi connectivity index (χ4v) is 4.11. The molecule has 0 bridgehead atoms. The molecule has 3 rings (SSSR count). The smallest absolute Gasteiger partial charge is 0.311 e.